The molecule has 1 rings (SSSR count). The normalized spacial score (nSPS) is 10.3. The number of hydrogen-bond donors (Lipinski definition) is 0. The number of benzene rings is 1. The molecule has 0 bridgehead atoms. The van der Waals surface area contributed by atoms with Crippen LogP contribution >= 0.6 is 0 Å². The van der Waals surface area contributed by atoms with Crippen molar-refractivity contribution in [3.05, 3.63) is 28.3 Å². The molecule has 5 nitrogen and oxygen atoms in total. The van der Waals surface area contributed by atoms with Crippen molar-refractivity contribution >= 4 is 5.69 Å². The van der Waals surface area contributed by atoms with Crippen molar-refractivity contribution in [1.29, 1.82) is 0 Å². The number of nitro benzene ring substituents is 1. The minimum Gasteiger partial charge on any atom is -0.493 e. The Hall–Kier alpha value is -1.78. The molecule has 0 aliphatic rings. The van der Waals surface area contributed by atoms with Crippen molar-refractivity contribution in [2.45, 2.75) is 45.4 Å². The van der Waals surface area contributed by atoms with E-state index in [0.717, 1.165) is 12.8 Å². The Balaban J connectivity index is 2.38. The van der Waals surface area contributed by atoms with E-state index in [1.807, 2.05) is 0 Å². The van der Waals surface area contributed by atoms with Crippen LogP contribution in [0.1, 0.15) is 45.4 Å². The number of rotatable bonds is 10. The minimum absolute atomic E-state index is 0.00812. The average molecular weight is 281 g/mol. The van der Waals surface area contributed by atoms with Crippen LogP contribution in [-0.2, 0) is 0 Å². The molecule has 0 saturated heterocycles. The van der Waals surface area contributed by atoms with Crippen LogP contribution in [0.15, 0.2) is 18.2 Å². The highest BCUT2D eigenvalue weighted by Gasteiger charge is 2.11. The van der Waals surface area contributed by atoms with Crippen LogP contribution in [0.25, 0.3) is 0 Å². The fourth-order valence-electron chi connectivity index (χ4n) is 1.95. The summed E-state index contributed by atoms with van der Waals surface area (Å²) in [6.45, 7) is 2.81. The van der Waals surface area contributed by atoms with Crippen LogP contribution in [-0.4, -0.2) is 18.6 Å². The lowest BCUT2D eigenvalue weighted by molar-refractivity contribution is -0.384. The summed E-state index contributed by atoms with van der Waals surface area (Å²) >= 11 is 0. The van der Waals surface area contributed by atoms with Gasteiger partial charge < -0.3 is 9.47 Å². The maximum Gasteiger partial charge on any atom is 0.273 e. The van der Waals surface area contributed by atoms with Gasteiger partial charge in [-0.2, -0.15) is 0 Å². The van der Waals surface area contributed by atoms with Crippen molar-refractivity contribution in [3.63, 3.8) is 0 Å². The number of nitrogens with zero attached hydrogens (tertiary/aromatic N) is 1. The SMILES string of the molecule is CCCCCCCCOc1ccc([N+](=O)[O-])cc1OC. The predicted octanol–water partition coefficient (Wildman–Crippen LogP) is 4.34. The Morgan fingerprint density at radius 2 is 1.80 bits per heavy atom. The van der Waals surface area contributed by atoms with Gasteiger partial charge in [-0.3, -0.25) is 10.1 Å². The summed E-state index contributed by atoms with van der Waals surface area (Å²) < 4.78 is 10.7. The zero-order valence-electron chi connectivity index (χ0n) is 12.3. The lowest BCUT2D eigenvalue weighted by Gasteiger charge is -2.10. The maximum absolute atomic E-state index is 10.7. The third kappa shape index (κ3) is 5.47. The first-order valence-electron chi connectivity index (χ1n) is 7.14. The summed E-state index contributed by atoms with van der Waals surface area (Å²) in [7, 11) is 1.48. The predicted molar refractivity (Wildman–Crippen MR) is 78.5 cm³/mol. The van der Waals surface area contributed by atoms with Crippen molar-refractivity contribution in [1.82, 2.24) is 0 Å². The molecule has 0 aliphatic carbocycles. The van der Waals surface area contributed by atoms with Crippen LogP contribution in [0, 0.1) is 10.1 Å². The Morgan fingerprint density at radius 1 is 1.10 bits per heavy atom. The fraction of sp³-hybridized carbons (Fsp3) is 0.600. The second kappa shape index (κ2) is 9.18. The fourth-order valence-corrected chi connectivity index (χ4v) is 1.95. The molecule has 5 heteroatoms. The van der Waals surface area contributed by atoms with Crippen LogP contribution in [0.3, 0.4) is 0 Å². The van der Waals surface area contributed by atoms with E-state index in [0.29, 0.717) is 18.1 Å². The van der Waals surface area contributed by atoms with E-state index in [4.69, 9.17) is 9.47 Å². The zero-order chi connectivity index (χ0) is 14.8. The van der Waals surface area contributed by atoms with Crippen molar-refractivity contribution < 1.29 is 14.4 Å². The number of methoxy groups -OCH3 is 1. The van der Waals surface area contributed by atoms with Gasteiger partial charge in [0.25, 0.3) is 5.69 Å². The first kappa shape index (κ1) is 16.3. The minimum atomic E-state index is -0.444. The summed E-state index contributed by atoms with van der Waals surface area (Å²) in [5, 5.41) is 10.7. The summed E-state index contributed by atoms with van der Waals surface area (Å²) in [6, 6.07) is 4.41. The van der Waals surface area contributed by atoms with Gasteiger partial charge in [0.05, 0.1) is 24.7 Å². The van der Waals surface area contributed by atoms with E-state index in [1.54, 1.807) is 6.07 Å². The van der Waals surface area contributed by atoms with Gasteiger partial charge in [-0.1, -0.05) is 39.0 Å². The van der Waals surface area contributed by atoms with Crippen LogP contribution in [0.2, 0.25) is 0 Å². The zero-order valence-corrected chi connectivity index (χ0v) is 12.3. The smallest absolute Gasteiger partial charge is 0.273 e. The van der Waals surface area contributed by atoms with Crippen molar-refractivity contribution in [3.8, 4) is 11.5 Å². The molecule has 0 radical (unpaired) electrons. The standard InChI is InChI=1S/C15H23NO4/c1-3-4-5-6-7-8-11-20-14-10-9-13(16(17)18)12-15(14)19-2/h9-10,12H,3-8,11H2,1-2H3. The van der Waals surface area contributed by atoms with E-state index >= 15 is 0 Å². The summed E-state index contributed by atoms with van der Waals surface area (Å²) in [6.07, 6.45) is 7.18. The summed E-state index contributed by atoms with van der Waals surface area (Å²) in [5.74, 6) is 0.969. The molecule has 112 valence electrons. The van der Waals surface area contributed by atoms with E-state index in [-0.39, 0.29) is 5.69 Å². The van der Waals surface area contributed by atoms with Crippen LogP contribution in [0.5, 0.6) is 11.5 Å². The van der Waals surface area contributed by atoms with Crippen molar-refractivity contribution in [2.24, 2.45) is 0 Å². The molecule has 0 atom stereocenters. The Labute approximate surface area is 120 Å². The average Bonchev–Trinajstić information content (AvgIpc) is 2.46. The molecule has 20 heavy (non-hydrogen) atoms. The molecule has 0 aliphatic heterocycles. The van der Waals surface area contributed by atoms with Gasteiger partial charge in [0.2, 0.25) is 0 Å². The van der Waals surface area contributed by atoms with E-state index < -0.39 is 4.92 Å². The molecular weight excluding hydrogens is 258 g/mol. The molecule has 0 fully saturated rings. The summed E-state index contributed by atoms with van der Waals surface area (Å²) in [5.41, 5.74) is 0.00812. The highest BCUT2D eigenvalue weighted by molar-refractivity contribution is 5.48. The van der Waals surface area contributed by atoms with Gasteiger partial charge in [-0.05, 0) is 12.5 Å². The molecule has 0 saturated carbocycles. The molecule has 0 N–H and O–H groups in total. The Morgan fingerprint density at radius 3 is 2.45 bits per heavy atom. The molecule has 0 spiro atoms. The van der Waals surface area contributed by atoms with Gasteiger partial charge >= 0.3 is 0 Å². The molecule has 0 amide bonds. The largest absolute Gasteiger partial charge is 0.493 e. The second-order valence-corrected chi connectivity index (χ2v) is 4.71. The maximum atomic E-state index is 10.7. The summed E-state index contributed by atoms with van der Waals surface area (Å²) in [4.78, 5) is 10.2. The lowest BCUT2D eigenvalue weighted by atomic mass is 10.1. The molecule has 1 aromatic rings. The van der Waals surface area contributed by atoms with Crippen molar-refractivity contribution in [2.75, 3.05) is 13.7 Å². The number of unbranched alkanes of at least 4 members (excludes halogenated alkanes) is 5. The third-order valence-corrected chi connectivity index (χ3v) is 3.11. The molecular formula is C15H23NO4. The number of hydrogen-bond acceptors (Lipinski definition) is 4. The van der Waals surface area contributed by atoms with Gasteiger partial charge in [0.1, 0.15) is 0 Å². The third-order valence-electron chi connectivity index (χ3n) is 3.11. The lowest BCUT2D eigenvalue weighted by Crippen LogP contribution is -2.00. The topological polar surface area (TPSA) is 61.6 Å². The molecule has 0 aromatic heterocycles. The molecule has 0 unspecified atom stereocenters. The Bertz CT molecular complexity index is 420. The highest BCUT2D eigenvalue weighted by atomic mass is 16.6. The molecule has 1 aromatic carbocycles. The molecule has 0 heterocycles. The van der Waals surface area contributed by atoms with Gasteiger partial charge in [-0.15, -0.1) is 0 Å². The Kier molecular flexibility index (Phi) is 7.47. The highest BCUT2D eigenvalue weighted by Crippen LogP contribution is 2.31. The van der Waals surface area contributed by atoms with E-state index in [9.17, 15) is 10.1 Å². The van der Waals surface area contributed by atoms with Gasteiger partial charge in [-0.25, -0.2) is 0 Å². The van der Waals surface area contributed by atoms with Gasteiger partial charge in [0.15, 0.2) is 11.5 Å². The first-order chi connectivity index (χ1) is 9.69. The first-order valence-corrected chi connectivity index (χ1v) is 7.14. The van der Waals surface area contributed by atoms with E-state index in [2.05, 4.69) is 6.92 Å². The number of nitro groups is 1. The van der Waals surface area contributed by atoms with Crippen LogP contribution < -0.4 is 9.47 Å². The van der Waals surface area contributed by atoms with Crippen LogP contribution in [0.4, 0.5) is 5.69 Å². The number of ether oxygens (including phenoxy) is 2. The van der Waals surface area contributed by atoms with E-state index in [1.165, 1.54) is 44.9 Å². The monoisotopic (exact) mass is 281 g/mol. The van der Waals surface area contributed by atoms with Gasteiger partial charge in [0, 0.05) is 6.07 Å². The second-order valence-electron chi connectivity index (χ2n) is 4.71. The number of non-ortho nitro benzene ring substituents is 1. The quantitative estimate of drug-likeness (QED) is 0.363.